The summed E-state index contributed by atoms with van der Waals surface area (Å²) in [7, 11) is -3.72. The van der Waals surface area contributed by atoms with E-state index in [2.05, 4.69) is 21.2 Å². The highest BCUT2D eigenvalue weighted by molar-refractivity contribution is 9.10. The zero-order valence-corrected chi connectivity index (χ0v) is 26.8. The zero-order valence-electron chi connectivity index (χ0n) is 24.4. The first-order valence-electron chi connectivity index (χ1n) is 14.6. The lowest BCUT2D eigenvalue weighted by Crippen LogP contribution is -2.52. The molecule has 0 spiro atoms. The fourth-order valence-corrected chi connectivity index (χ4v) is 7.74. The molecule has 224 valence electrons. The van der Waals surface area contributed by atoms with Crippen molar-refractivity contribution >= 4 is 54.2 Å². The number of rotatable bonds is 12. The van der Waals surface area contributed by atoms with Gasteiger partial charge in [-0.1, -0.05) is 89.6 Å². The summed E-state index contributed by atoms with van der Waals surface area (Å²) in [6.07, 6.45) is 1.53. The van der Waals surface area contributed by atoms with E-state index >= 15 is 0 Å². The third-order valence-electron chi connectivity index (χ3n) is 7.95. The monoisotopic (exact) mass is 661 g/mol. The molecule has 4 aromatic rings. The van der Waals surface area contributed by atoms with Crippen LogP contribution in [0.4, 0.5) is 5.69 Å². The average Bonchev–Trinajstić information content (AvgIpc) is 3.22. The standard InChI is InChI=1S/C34H36BrN3O4S/c1-3-24(2)36-34(40)30(22-25-11-5-4-6-12-25)37(23-26-13-7-16-28(35)21-26)32(39)19-10-20-38-29-17-8-14-27-15-9-18-31(33(27)29)43(38,41)42/h4-9,11-18,21,24,30H,3,10,19-20,22-23H2,1-2H3,(H,36,40)/t24-,30-/m1/s1. The Balaban J connectivity index is 1.40. The van der Waals surface area contributed by atoms with Gasteiger partial charge in [0, 0.05) is 41.8 Å². The number of benzene rings is 4. The number of carbonyl (C=O) groups excluding carboxylic acids is 2. The van der Waals surface area contributed by atoms with Gasteiger partial charge in [-0.15, -0.1) is 0 Å². The van der Waals surface area contributed by atoms with E-state index in [4.69, 9.17) is 0 Å². The highest BCUT2D eigenvalue weighted by Gasteiger charge is 2.36. The Morgan fingerprint density at radius 1 is 0.930 bits per heavy atom. The maximum absolute atomic E-state index is 14.0. The number of sulfonamides is 1. The second-order valence-corrected chi connectivity index (χ2v) is 13.7. The van der Waals surface area contributed by atoms with E-state index in [9.17, 15) is 18.0 Å². The Kier molecular flexibility index (Phi) is 9.52. The number of nitrogens with one attached hydrogen (secondary N) is 1. The van der Waals surface area contributed by atoms with E-state index in [1.807, 2.05) is 92.7 Å². The van der Waals surface area contributed by atoms with Gasteiger partial charge in [-0.25, -0.2) is 8.42 Å². The van der Waals surface area contributed by atoms with Gasteiger partial charge in [0.25, 0.3) is 10.0 Å². The first-order chi connectivity index (χ1) is 20.7. The molecule has 0 saturated carbocycles. The summed E-state index contributed by atoms with van der Waals surface area (Å²) < 4.78 is 29.2. The maximum atomic E-state index is 14.0. The second kappa shape index (κ2) is 13.3. The molecule has 0 unspecified atom stereocenters. The molecular formula is C34H36BrN3O4S. The van der Waals surface area contributed by atoms with Crippen LogP contribution in [0.25, 0.3) is 10.8 Å². The fraction of sp³-hybridized carbons (Fsp3) is 0.294. The van der Waals surface area contributed by atoms with Crippen molar-refractivity contribution in [2.24, 2.45) is 0 Å². The van der Waals surface area contributed by atoms with Crippen molar-refractivity contribution in [1.82, 2.24) is 10.2 Å². The number of hydrogen-bond acceptors (Lipinski definition) is 4. The van der Waals surface area contributed by atoms with Gasteiger partial charge in [-0.05, 0) is 60.5 Å². The van der Waals surface area contributed by atoms with Crippen LogP contribution in [0, 0.1) is 0 Å². The predicted octanol–water partition coefficient (Wildman–Crippen LogP) is 6.45. The van der Waals surface area contributed by atoms with Crippen LogP contribution in [0.2, 0.25) is 0 Å². The van der Waals surface area contributed by atoms with Crippen molar-refractivity contribution in [1.29, 1.82) is 0 Å². The van der Waals surface area contributed by atoms with Gasteiger partial charge < -0.3 is 10.2 Å². The van der Waals surface area contributed by atoms with Crippen molar-refractivity contribution in [2.75, 3.05) is 10.8 Å². The molecule has 2 amide bonds. The van der Waals surface area contributed by atoms with E-state index in [0.717, 1.165) is 32.8 Å². The molecular weight excluding hydrogens is 626 g/mol. The summed E-state index contributed by atoms with van der Waals surface area (Å²) in [5, 5.41) is 4.67. The van der Waals surface area contributed by atoms with Crippen molar-refractivity contribution in [3.8, 4) is 0 Å². The highest BCUT2D eigenvalue weighted by Crippen LogP contribution is 2.42. The van der Waals surface area contributed by atoms with E-state index < -0.39 is 16.1 Å². The van der Waals surface area contributed by atoms with Crippen LogP contribution in [0.1, 0.15) is 44.2 Å². The van der Waals surface area contributed by atoms with Gasteiger partial charge in [0.15, 0.2) is 0 Å². The molecule has 1 heterocycles. The van der Waals surface area contributed by atoms with E-state index in [0.29, 0.717) is 23.4 Å². The smallest absolute Gasteiger partial charge is 0.265 e. The summed E-state index contributed by atoms with van der Waals surface area (Å²) in [5.41, 5.74) is 2.48. The van der Waals surface area contributed by atoms with Gasteiger partial charge in [-0.2, -0.15) is 0 Å². The summed E-state index contributed by atoms with van der Waals surface area (Å²) in [6.45, 7) is 4.37. The molecule has 0 saturated heterocycles. The largest absolute Gasteiger partial charge is 0.352 e. The molecule has 4 aromatic carbocycles. The first kappa shape index (κ1) is 30.8. The van der Waals surface area contributed by atoms with Gasteiger partial charge in [-0.3, -0.25) is 13.9 Å². The topological polar surface area (TPSA) is 86.8 Å². The van der Waals surface area contributed by atoms with E-state index in [-0.39, 0.29) is 37.4 Å². The van der Waals surface area contributed by atoms with Crippen LogP contribution < -0.4 is 9.62 Å². The summed E-state index contributed by atoms with van der Waals surface area (Å²) in [5.74, 6) is -0.404. The number of hydrogen-bond donors (Lipinski definition) is 1. The Morgan fingerprint density at radius 3 is 2.35 bits per heavy atom. The molecule has 5 rings (SSSR count). The van der Waals surface area contributed by atoms with Gasteiger partial charge in [0.2, 0.25) is 11.8 Å². The van der Waals surface area contributed by atoms with Gasteiger partial charge >= 0.3 is 0 Å². The SMILES string of the molecule is CC[C@@H](C)NC(=O)[C@@H](Cc1ccccc1)N(Cc1cccc(Br)c1)C(=O)CCCN1c2cccc3cccc(c23)S1(=O)=O. The van der Waals surface area contributed by atoms with Crippen LogP contribution in [-0.4, -0.2) is 43.8 Å². The van der Waals surface area contributed by atoms with Crippen molar-refractivity contribution < 1.29 is 18.0 Å². The number of carbonyl (C=O) groups is 2. The van der Waals surface area contributed by atoms with Crippen LogP contribution >= 0.6 is 15.9 Å². The molecule has 0 fully saturated rings. The summed E-state index contributed by atoms with van der Waals surface area (Å²) in [4.78, 5) is 29.7. The average molecular weight is 663 g/mol. The zero-order chi connectivity index (χ0) is 30.6. The van der Waals surface area contributed by atoms with Crippen LogP contribution in [0.15, 0.2) is 100 Å². The predicted molar refractivity (Wildman–Crippen MR) is 174 cm³/mol. The lowest BCUT2D eigenvalue weighted by atomic mass is 10.0. The first-order valence-corrected chi connectivity index (χ1v) is 16.8. The number of nitrogens with zero attached hydrogens (tertiary/aromatic N) is 2. The van der Waals surface area contributed by atoms with Gasteiger partial charge in [0.1, 0.15) is 6.04 Å². The Labute approximate surface area is 262 Å². The third-order valence-corrected chi connectivity index (χ3v) is 10.3. The molecule has 1 N–H and O–H groups in total. The van der Waals surface area contributed by atoms with Crippen LogP contribution in [-0.2, 0) is 32.6 Å². The molecule has 1 aliphatic heterocycles. The van der Waals surface area contributed by atoms with Crippen molar-refractivity contribution in [2.45, 2.75) is 63.1 Å². The van der Waals surface area contributed by atoms with Crippen LogP contribution in [0.5, 0.6) is 0 Å². The lowest BCUT2D eigenvalue weighted by Gasteiger charge is -2.32. The highest BCUT2D eigenvalue weighted by atomic mass is 79.9. The van der Waals surface area contributed by atoms with Crippen molar-refractivity contribution in [3.63, 3.8) is 0 Å². The minimum Gasteiger partial charge on any atom is -0.352 e. The third kappa shape index (κ3) is 6.78. The lowest BCUT2D eigenvalue weighted by molar-refractivity contribution is -0.141. The molecule has 0 bridgehead atoms. The van der Waals surface area contributed by atoms with E-state index in [1.165, 1.54) is 4.31 Å². The van der Waals surface area contributed by atoms with Crippen molar-refractivity contribution in [3.05, 3.63) is 107 Å². The van der Waals surface area contributed by atoms with E-state index in [1.54, 1.807) is 17.0 Å². The van der Waals surface area contributed by atoms with Crippen LogP contribution in [0.3, 0.4) is 0 Å². The quantitative estimate of drug-likeness (QED) is 0.189. The molecule has 0 radical (unpaired) electrons. The Morgan fingerprint density at radius 2 is 1.63 bits per heavy atom. The number of amides is 2. The normalized spacial score (nSPS) is 14.8. The molecule has 9 heteroatoms. The molecule has 43 heavy (non-hydrogen) atoms. The summed E-state index contributed by atoms with van der Waals surface area (Å²) >= 11 is 3.52. The molecule has 0 aromatic heterocycles. The summed E-state index contributed by atoms with van der Waals surface area (Å²) in [6, 6.07) is 27.5. The molecule has 1 aliphatic rings. The fourth-order valence-electron chi connectivity index (χ4n) is 5.54. The minimum atomic E-state index is -3.72. The molecule has 2 atom stereocenters. The van der Waals surface area contributed by atoms with Gasteiger partial charge in [0.05, 0.1) is 10.6 Å². The maximum Gasteiger partial charge on any atom is 0.265 e. The Hall–Kier alpha value is -3.69. The minimum absolute atomic E-state index is 0.0432. The number of anilines is 1. The second-order valence-electron chi connectivity index (χ2n) is 11.0. The number of halogens is 1. The Bertz CT molecular complexity index is 1720. The molecule has 0 aliphatic carbocycles. The molecule has 7 nitrogen and oxygen atoms in total.